The summed E-state index contributed by atoms with van der Waals surface area (Å²) < 4.78 is 6.91. The van der Waals surface area contributed by atoms with Crippen LogP contribution >= 0.6 is 11.6 Å². The van der Waals surface area contributed by atoms with E-state index in [4.69, 9.17) is 16.3 Å². The van der Waals surface area contributed by atoms with Crippen molar-refractivity contribution in [1.82, 2.24) is 25.0 Å². The van der Waals surface area contributed by atoms with Gasteiger partial charge in [-0.2, -0.15) is 0 Å². The molecule has 0 aliphatic heterocycles. The molecule has 0 radical (unpaired) electrons. The van der Waals surface area contributed by atoms with Gasteiger partial charge in [0.25, 0.3) is 5.03 Å². The molecule has 2 aromatic heterocycles. The van der Waals surface area contributed by atoms with Crippen LogP contribution in [0.1, 0.15) is 0 Å². The number of aromatic nitrogens is 5. The van der Waals surface area contributed by atoms with E-state index < -0.39 is 0 Å². The van der Waals surface area contributed by atoms with Gasteiger partial charge in [-0.1, -0.05) is 21.9 Å². The van der Waals surface area contributed by atoms with E-state index in [0.29, 0.717) is 16.6 Å². The molecule has 1 aromatic carbocycles. The summed E-state index contributed by atoms with van der Waals surface area (Å²) in [6.07, 6.45) is 7.59. The second kappa shape index (κ2) is 6.55. The van der Waals surface area contributed by atoms with Crippen molar-refractivity contribution in [2.24, 2.45) is 0 Å². The number of halogens is 1. The van der Waals surface area contributed by atoms with Crippen molar-refractivity contribution in [3.63, 3.8) is 0 Å². The standard InChI is InChI=1S/C15H15ClN5OS/c1-22-14-7-12(17-9-18-14)11-6-10(16)4-5-13(11)21-8-15(19-20-21)23(2)3/h4-9H,1-3H3/q+1. The Balaban J connectivity index is 2.14. The molecule has 8 heteroatoms. The summed E-state index contributed by atoms with van der Waals surface area (Å²) >= 11 is 6.16. The maximum absolute atomic E-state index is 6.16. The van der Waals surface area contributed by atoms with Crippen LogP contribution in [-0.2, 0) is 10.9 Å². The molecule has 0 atom stereocenters. The van der Waals surface area contributed by atoms with Crippen molar-refractivity contribution >= 4 is 22.5 Å². The third-order valence-corrected chi connectivity index (χ3v) is 4.48. The van der Waals surface area contributed by atoms with Crippen molar-refractivity contribution in [2.75, 3.05) is 19.6 Å². The van der Waals surface area contributed by atoms with Crippen LogP contribution in [-0.4, -0.2) is 44.6 Å². The average Bonchev–Trinajstić information content (AvgIpc) is 3.05. The molecule has 0 saturated heterocycles. The predicted octanol–water partition coefficient (Wildman–Crippen LogP) is 2.62. The zero-order chi connectivity index (χ0) is 16.4. The Labute approximate surface area is 141 Å². The van der Waals surface area contributed by atoms with Gasteiger partial charge >= 0.3 is 0 Å². The fraction of sp³-hybridized carbons (Fsp3) is 0.200. The number of nitrogens with zero attached hydrogens (tertiary/aromatic N) is 5. The van der Waals surface area contributed by atoms with Crippen molar-refractivity contribution in [3.05, 3.63) is 41.8 Å². The highest BCUT2D eigenvalue weighted by Crippen LogP contribution is 2.29. The van der Waals surface area contributed by atoms with E-state index in [2.05, 4.69) is 32.8 Å². The SMILES string of the molecule is COc1cc(-c2cc(Cl)ccc2-n2cc([S+](C)C)nn2)ncn1. The second-order valence-corrected chi connectivity index (χ2v) is 7.41. The average molecular weight is 349 g/mol. The number of hydrogen-bond acceptors (Lipinski definition) is 5. The zero-order valence-corrected chi connectivity index (χ0v) is 14.5. The summed E-state index contributed by atoms with van der Waals surface area (Å²) in [5.74, 6) is 0.490. The van der Waals surface area contributed by atoms with Crippen LogP contribution in [0.2, 0.25) is 5.02 Å². The van der Waals surface area contributed by atoms with E-state index in [1.54, 1.807) is 17.9 Å². The van der Waals surface area contributed by atoms with E-state index >= 15 is 0 Å². The molecule has 0 spiro atoms. The lowest BCUT2D eigenvalue weighted by Crippen LogP contribution is -2.00. The van der Waals surface area contributed by atoms with Crippen LogP contribution in [0.15, 0.2) is 41.8 Å². The van der Waals surface area contributed by atoms with E-state index in [1.807, 2.05) is 24.4 Å². The van der Waals surface area contributed by atoms with Gasteiger partial charge in [0.2, 0.25) is 5.88 Å². The second-order valence-electron chi connectivity index (χ2n) is 4.92. The maximum Gasteiger partial charge on any atom is 0.285 e. The molecule has 2 heterocycles. The van der Waals surface area contributed by atoms with Crippen molar-refractivity contribution in [2.45, 2.75) is 5.03 Å². The monoisotopic (exact) mass is 348 g/mol. The topological polar surface area (TPSA) is 65.7 Å². The summed E-state index contributed by atoms with van der Waals surface area (Å²) in [5, 5.41) is 10.0. The Morgan fingerprint density at radius 2 is 2.00 bits per heavy atom. The van der Waals surface area contributed by atoms with Crippen LogP contribution in [0.5, 0.6) is 5.88 Å². The maximum atomic E-state index is 6.16. The Morgan fingerprint density at radius 1 is 1.17 bits per heavy atom. The zero-order valence-electron chi connectivity index (χ0n) is 12.9. The molecule has 0 N–H and O–H groups in total. The first-order chi connectivity index (χ1) is 11.1. The van der Waals surface area contributed by atoms with Gasteiger partial charge in [0.1, 0.15) is 25.0 Å². The molecule has 0 amide bonds. The Bertz CT molecular complexity index is 836. The number of benzene rings is 1. The number of rotatable bonds is 4. The first kappa shape index (κ1) is 15.8. The lowest BCUT2D eigenvalue weighted by atomic mass is 10.1. The third kappa shape index (κ3) is 3.30. The van der Waals surface area contributed by atoms with Crippen molar-refractivity contribution in [3.8, 4) is 22.8 Å². The fourth-order valence-electron chi connectivity index (χ4n) is 2.06. The molecule has 6 nitrogen and oxygen atoms in total. The molecule has 0 aliphatic rings. The minimum absolute atomic E-state index is 0.0414. The van der Waals surface area contributed by atoms with Gasteiger partial charge in [-0.25, -0.2) is 14.6 Å². The van der Waals surface area contributed by atoms with E-state index in [1.165, 1.54) is 6.33 Å². The van der Waals surface area contributed by atoms with Crippen LogP contribution in [0, 0.1) is 0 Å². The van der Waals surface area contributed by atoms with E-state index in [9.17, 15) is 0 Å². The minimum atomic E-state index is 0.0414. The van der Waals surface area contributed by atoms with Crippen molar-refractivity contribution < 1.29 is 4.74 Å². The molecule has 0 bridgehead atoms. The van der Waals surface area contributed by atoms with Gasteiger partial charge in [0.05, 0.1) is 18.5 Å². The number of ether oxygens (including phenoxy) is 1. The first-order valence-electron chi connectivity index (χ1n) is 6.75. The summed E-state index contributed by atoms with van der Waals surface area (Å²) in [6.45, 7) is 0. The normalized spacial score (nSPS) is 11.0. The quantitative estimate of drug-likeness (QED) is 0.678. The number of hydrogen-bond donors (Lipinski definition) is 0. The summed E-state index contributed by atoms with van der Waals surface area (Å²) in [5.41, 5.74) is 2.39. The van der Waals surface area contributed by atoms with Crippen LogP contribution in [0.3, 0.4) is 0 Å². The van der Waals surface area contributed by atoms with Gasteiger partial charge < -0.3 is 4.74 Å². The summed E-state index contributed by atoms with van der Waals surface area (Å²) in [6, 6.07) is 7.32. The van der Waals surface area contributed by atoms with Crippen LogP contribution in [0.4, 0.5) is 0 Å². The van der Waals surface area contributed by atoms with Gasteiger partial charge in [0.15, 0.2) is 0 Å². The highest BCUT2D eigenvalue weighted by Gasteiger charge is 2.17. The smallest absolute Gasteiger partial charge is 0.285 e. The van der Waals surface area contributed by atoms with Gasteiger partial charge in [-0.3, -0.25) is 0 Å². The van der Waals surface area contributed by atoms with Gasteiger partial charge in [-0.05, 0) is 18.2 Å². The Kier molecular flexibility index (Phi) is 4.49. The largest absolute Gasteiger partial charge is 0.481 e. The molecule has 3 aromatic rings. The lowest BCUT2D eigenvalue weighted by Gasteiger charge is -2.09. The predicted molar refractivity (Wildman–Crippen MR) is 91.4 cm³/mol. The summed E-state index contributed by atoms with van der Waals surface area (Å²) in [4.78, 5) is 8.35. The molecule has 0 aliphatic carbocycles. The number of methoxy groups -OCH3 is 1. The van der Waals surface area contributed by atoms with Crippen LogP contribution in [0.25, 0.3) is 16.9 Å². The minimum Gasteiger partial charge on any atom is -0.481 e. The highest BCUT2D eigenvalue weighted by molar-refractivity contribution is 7.95. The third-order valence-electron chi connectivity index (χ3n) is 3.22. The highest BCUT2D eigenvalue weighted by atomic mass is 35.5. The van der Waals surface area contributed by atoms with E-state index in [0.717, 1.165) is 16.3 Å². The molecule has 23 heavy (non-hydrogen) atoms. The molecule has 118 valence electrons. The van der Waals surface area contributed by atoms with Crippen LogP contribution < -0.4 is 4.74 Å². The molecule has 3 rings (SSSR count). The Hall–Kier alpha value is -2.12. The molecule has 0 fully saturated rings. The van der Waals surface area contributed by atoms with Gasteiger partial charge in [0, 0.05) is 27.5 Å². The first-order valence-corrected chi connectivity index (χ1v) is 9.16. The molecular weight excluding hydrogens is 334 g/mol. The lowest BCUT2D eigenvalue weighted by molar-refractivity contribution is 0.397. The Morgan fingerprint density at radius 3 is 2.70 bits per heavy atom. The molecule has 0 saturated carbocycles. The van der Waals surface area contributed by atoms with Gasteiger partial charge in [-0.15, -0.1) is 0 Å². The molecule has 0 unspecified atom stereocenters. The summed E-state index contributed by atoms with van der Waals surface area (Å²) in [7, 11) is 1.61. The van der Waals surface area contributed by atoms with E-state index in [-0.39, 0.29) is 10.9 Å². The molecular formula is C15H15ClN5OS+. The van der Waals surface area contributed by atoms with Crippen molar-refractivity contribution in [1.29, 1.82) is 0 Å². The fourth-order valence-corrected chi connectivity index (χ4v) is 2.75.